The van der Waals surface area contributed by atoms with Gasteiger partial charge in [-0.2, -0.15) is 4.98 Å². The number of nitrogens with zero attached hydrogens (tertiary/aromatic N) is 2. The molecular weight excluding hydrogens is 268 g/mol. The Morgan fingerprint density at radius 3 is 3.00 bits per heavy atom. The molecule has 6 nitrogen and oxygen atoms in total. The second-order valence-corrected chi connectivity index (χ2v) is 4.22. The zero-order valence-electron chi connectivity index (χ0n) is 10.5. The predicted octanol–water partition coefficient (Wildman–Crippen LogP) is 2.42. The first-order valence-corrected chi connectivity index (χ1v) is 6.10. The molecule has 0 saturated carbocycles. The summed E-state index contributed by atoms with van der Waals surface area (Å²) >= 11 is 5.91. The van der Waals surface area contributed by atoms with E-state index in [2.05, 4.69) is 20.5 Å². The summed E-state index contributed by atoms with van der Waals surface area (Å²) in [5, 5.41) is 9.58. The van der Waals surface area contributed by atoms with Gasteiger partial charge in [-0.1, -0.05) is 11.6 Å². The van der Waals surface area contributed by atoms with E-state index >= 15 is 0 Å². The molecule has 2 rings (SSSR count). The molecule has 1 amide bonds. The van der Waals surface area contributed by atoms with E-state index in [1.54, 1.807) is 18.2 Å². The average Bonchev–Trinajstić information content (AvgIpc) is 2.80. The third kappa shape index (κ3) is 3.23. The Hall–Kier alpha value is -2.08. The molecule has 0 unspecified atom stereocenters. The first kappa shape index (κ1) is 13.4. The van der Waals surface area contributed by atoms with Gasteiger partial charge in [0.1, 0.15) is 0 Å². The van der Waals surface area contributed by atoms with Crippen molar-refractivity contribution in [3.8, 4) is 6.01 Å². The number of aromatic amines is 1. The van der Waals surface area contributed by atoms with E-state index in [-0.39, 0.29) is 17.9 Å². The van der Waals surface area contributed by atoms with Crippen LogP contribution in [-0.2, 0) is 0 Å². The van der Waals surface area contributed by atoms with Gasteiger partial charge in [-0.05, 0) is 37.6 Å². The molecule has 0 aliphatic rings. The number of nitrogens with one attached hydrogen (secondary N) is 2. The monoisotopic (exact) mass is 280 g/mol. The number of hydrogen-bond donors (Lipinski definition) is 2. The number of halogens is 1. The highest BCUT2D eigenvalue weighted by Gasteiger charge is 2.10. The van der Waals surface area contributed by atoms with E-state index in [4.69, 9.17) is 16.3 Å². The highest BCUT2D eigenvalue weighted by atomic mass is 35.5. The van der Waals surface area contributed by atoms with Crippen molar-refractivity contribution in [2.45, 2.75) is 13.8 Å². The molecule has 0 atom stereocenters. The van der Waals surface area contributed by atoms with Gasteiger partial charge in [0.2, 0.25) is 5.95 Å². The Kier molecular flexibility index (Phi) is 4.01. The fraction of sp³-hybridized carbons (Fsp3) is 0.250. The van der Waals surface area contributed by atoms with Crippen molar-refractivity contribution in [3.63, 3.8) is 0 Å². The molecule has 0 fully saturated rings. The van der Waals surface area contributed by atoms with Crippen molar-refractivity contribution in [2.75, 3.05) is 11.9 Å². The van der Waals surface area contributed by atoms with Crippen molar-refractivity contribution in [2.24, 2.45) is 0 Å². The lowest BCUT2D eigenvalue weighted by Crippen LogP contribution is -2.13. The number of ether oxygens (including phenoxy) is 1. The highest BCUT2D eigenvalue weighted by Crippen LogP contribution is 2.17. The van der Waals surface area contributed by atoms with Crippen LogP contribution >= 0.6 is 11.6 Å². The minimum absolute atomic E-state index is 0.199. The lowest BCUT2D eigenvalue weighted by atomic mass is 10.1. The van der Waals surface area contributed by atoms with Crippen molar-refractivity contribution in [1.29, 1.82) is 0 Å². The number of aromatic nitrogens is 3. The van der Waals surface area contributed by atoms with Gasteiger partial charge in [0, 0.05) is 10.6 Å². The maximum Gasteiger partial charge on any atom is 0.337 e. The second-order valence-electron chi connectivity index (χ2n) is 3.82. The standard InChI is InChI=1S/C12H13ClN4O2/c1-3-19-12-15-11(16-17-12)14-10(18)8-4-5-9(13)7(2)6-8/h4-6H,3H2,1-2H3,(H2,14,15,16,17,18). The van der Waals surface area contributed by atoms with Crippen LogP contribution in [0.3, 0.4) is 0 Å². The number of aryl methyl sites for hydroxylation is 1. The van der Waals surface area contributed by atoms with Crippen LogP contribution in [0, 0.1) is 6.92 Å². The number of H-pyrrole nitrogens is 1. The number of benzene rings is 1. The van der Waals surface area contributed by atoms with Crippen LogP contribution in [0.5, 0.6) is 6.01 Å². The van der Waals surface area contributed by atoms with Crippen molar-refractivity contribution in [1.82, 2.24) is 15.2 Å². The number of hydrogen-bond acceptors (Lipinski definition) is 4. The van der Waals surface area contributed by atoms with Gasteiger partial charge in [0.15, 0.2) is 0 Å². The van der Waals surface area contributed by atoms with E-state index in [0.717, 1.165) is 5.56 Å². The second kappa shape index (κ2) is 5.71. The molecular formula is C12H13ClN4O2. The normalized spacial score (nSPS) is 10.3. The number of amides is 1. The summed E-state index contributed by atoms with van der Waals surface area (Å²) in [5.74, 6) is -0.0555. The molecule has 0 radical (unpaired) electrons. The fourth-order valence-electron chi connectivity index (χ4n) is 1.46. The molecule has 0 aliphatic heterocycles. The summed E-state index contributed by atoms with van der Waals surface area (Å²) in [7, 11) is 0. The maximum absolute atomic E-state index is 12.0. The Labute approximate surface area is 115 Å². The lowest BCUT2D eigenvalue weighted by Gasteiger charge is -2.03. The quantitative estimate of drug-likeness (QED) is 0.901. The molecule has 0 bridgehead atoms. The third-order valence-corrected chi connectivity index (χ3v) is 2.81. The molecule has 1 aromatic heterocycles. The minimum atomic E-state index is -0.293. The summed E-state index contributed by atoms with van der Waals surface area (Å²) in [6.07, 6.45) is 0. The van der Waals surface area contributed by atoms with E-state index in [9.17, 15) is 4.79 Å². The van der Waals surface area contributed by atoms with Gasteiger partial charge in [-0.15, -0.1) is 5.10 Å². The molecule has 19 heavy (non-hydrogen) atoms. The minimum Gasteiger partial charge on any atom is -0.463 e. The number of carbonyl (C=O) groups excluding carboxylic acids is 1. The lowest BCUT2D eigenvalue weighted by molar-refractivity contribution is 0.102. The van der Waals surface area contributed by atoms with Gasteiger partial charge in [-0.25, -0.2) is 5.10 Å². The molecule has 1 heterocycles. The first-order valence-electron chi connectivity index (χ1n) is 5.73. The van der Waals surface area contributed by atoms with Gasteiger partial charge < -0.3 is 4.74 Å². The molecule has 0 saturated heterocycles. The van der Waals surface area contributed by atoms with Crippen molar-refractivity contribution < 1.29 is 9.53 Å². The van der Waals surface area contributed by atoms with Crippen LogP contribution < -0.4 is 10.1 Å². The molecule has 0 aliphatic carbocycles. The third-order valence-electron chi connectivity index (χ3n) is 2.39. The molecule has 2 N–H and O–H groups in total. The average molecular weight is 281 g/mol. The summed E-state index contributed by atoms with van der Waals surface area (Å²) in [6, 6.07) is 5.23. The smallest absolute Gasteiger partial charge is 0.337 e. The van der Waals surface area contributed by atoms with Gasteiger partial charge in [0.25, 0.3) is 5.91 Å². The Morgan fingerprint density at radius 1 is 1.53 bits per heavy atom. The van der Waals surface area contributed by atoms with E-state index in [1.807, 2.05) is 13.8 Å². The van der Waals surface area contributed by atoms with Crippen molar-refractivity contribution >= 4 is 23.5 Å². The van der Waals surface area contributed by atoms with Crippen LogP contribution in [0.15, 0.2) is 18.2 Å². The molecule has 0 spiro atoms. The van der Waals surface area contributed by atoms with E-state index in [0.29, 0.717) is 17.2 Å². The summed E-state index contributed by atoms with van der Waals surface area (Å²) in [4.78, 5) is 15.9. The summed E-state index contributed by atoms with van der Waals surface area (Å²) < 4.78 is 5.09. The first-order chi connectivity index (χ1) is 9.10. The predicted molar refractivity (Wildman–Crippen MR) is 71.7 cm³/mol. The van der Waals surface area contributed by atoms with Crippen LogP contribution in [-0.4, -0.2) is 27.7 Å². The number of anilines is 1. The molecule has 1 aromatic carbocycles. The zero-order valence-corrected chi connectivity index (χ0v) is 11.3. The highest BCUT2D eigenvalue weighted by molar-refractivity contribution is 6.31. The summed E-state index contributed by atoms with van der Waals surface area (Å²) in [6.45, 7) is 4.12. The van der Waals surface area contributed by atoms with Crippen molar-refractivity contribution in [3.05, 3.63) is 34.3 Å². The van der Waals surface area contributed by atoms with Crippen LogP contribution in [0.2, 0.25) is 5.02 Å². The van der Waals surface area contributed by atoms with Crippen LogP contribution in [0.4, 0.5) is 5.95 Å². The van der Waals surface area contributed by atoms with Gasteiger partial charge in [0.05, 0.1) is 6.61 Å². The Bertz CT molecular complexity index is 597. The molecule has 7 heteroatoms. The van der Waals surface area contributed by atoms with Gasteiger partial charge >= 0.3 is 6.01 Å². The van der Waals surface area contributed by atoms with Crippen LogP contribution in [0.25, 0.3) is 0 Å². The van der Waals surface area contributed by atoms with Crippen LogP contribution in [0.1, 0.15) is 22.8 Å². The molecule has 100 valence electrons. The largest absolute Gasteiger partial charge is 0.463 e. The summed E-state index contributed by atoms with van der Waals surface area (Å²) in [5.41, 5.74) is 1.33. The maximum atomic E-state index is 12.0. The zero-order chi connectivity index (χ0) is 13.8. The SMILES string of the molecule is CCOc1n[nH]c(NC(=O)c2ccc(Cl)c(C)c2)n1. The fourth-order valence-corrected chi connectivity index (χ4v) is 1.58. The Morgan fingerprint density at radius 2 is 2.32 bits per heavy atom. The Balaban J connectivity index is 2.09. The topological polar surface area (TPSA) is 79.9 Å². The number of rotatable bonds is 4. The molecule has 2 aromatic rings. The van der Waals surface area contributed by atoms with Gasteiger partial charge in [-0.3, -0.25) is 10.1 Å². The number of carbonyl (C=O) groups is 1. The van der Waals surface area contributed by atoms with E-state index < -0.39 is 0 Å². The van der Waals surface area contributed by atoms with E-state index in [1.165, 1.54) is 0 Å².